The van der Waals surface area contributed by atoms with Gasteiger partial charge in [-0.15, -0.1) is 0 Å². The summed E-state index contributed by atoms with van der Waals surface area (Å²) in [5, 5.41) is 0.638. The van der Waals surface area contributed by atoms with Gasteiger partial charge in [-0.1, -0.05) is 61.9 Å². The number of nitrogens with zero attached hydrogens (tertiary/aromatic N) is 1. The van der Waals surface area contributed by atoms with Crippen LogP contribution in [0, 0.1) is 0 Å². The van der Waals surface area contributed by atoms with Gasteiger partial charge in [-0.2, -0.15) is 5.01 Å². The average Bonchev–Trinajstić information content (AvgIpc) is 2.75. The Morgan fingerprint density at radius 2 is 2.20 bits per heavy atom. The maximum atomic E-state index is 11.3. The lowest BCUT2D eigenvalue weighted by Crippen LogP contribution is -2.52. The molecule has 0 radical (unpaired) electrons. The largest absolute Gasteiger partial charge is 0.412 e. The fourth-order valence-electron chi connectivity index (χ4n) is 2.43. The Morgan fingerprint density at radius 1 is 1.50 bits per heavy atom. The topological polar surface area (TPSA) is 81.6 Å². The third-order valence-electron chi connectivity index (χ3n) is 3.47. The van der Waals surface area contributed by atoms with Crippen LogP contribution in [-0.2, 0) is 9.79 Å². The van der Waals surface area contributed by atoms with Gasteiger partial charge in [0.1, 0.15) is 0 Å². The van der Waals surface area contributed by atoms with Gasteiger partial charge in [0.15, 0.2) is 0 Å². The molecule has 2 rings (SSSR count). The van der Waals surface area contributed by atoms with E-state index in [0.717, 1.165) is 30.6 Å². The number of carbonyl (C=O) groups is 1. The molecule has 2 atom stereocenters. The predicted molar refractivity (Wildman–Crippen MR) is 80.6 cm³/mol. The quantitative estimate of drug-likeness (QED) is 0.815. The number of benzene rings is 1. The number of unbranched alkanes of at least 4 members (excludes halogenated alkanes) is 1. The molecule has 1 aromatic rings. The summed E-state index contributed by atoms with van der Waals surface area (Å²) >= 11 is 1.52. The van der Waals surface area contributed by atoms with Crippen molar-refractivity contribution in [3.05, 3.63) is 35.9 Å². The molecule has 1 fully saturated rings. The fraction of sp³-hybridized carbons (Fsp3) is 0.500. The molecule has 0 aromatic heterocycles. The van der Waals surface area contributed by atoms with Crippen molar-refractivity contribution in [3.8, 4) is 0 Å². The molecule has 0 saturated carbocycles. The van der Waals surface area contributed by atoms with Crippen molar-refractivity contribution in [3.63, 3.8) is 0 Å². The van der Waals surface area contributed by atoms with Crippen molar-refractivity contribution in [1.82, 2.24) is 5.01 Å². The number of ether oxygens (including phenoxy) is 1. The number of primary amides is 1. The lowest BCUT2D eigenvalue weighted by molar-refractivity contribution is -0.0539. The van der Waals surface area contributed by atoms with Crippen LogP contribution in [0.4, 0.5) is 4.79 Å². The first-order chi connectivity index (χ1) is 9.60. The van der Waals surface area contributed by atoms with Crippen LogP contribution < -0.4 is 11.6 Å². The van der Waals surface area contributed by atoms with E-state index in [9.17, 15) is 4.79 Å². The maximum Gasteiger partial charge on any atom is 0.407 e. The number of hydrogen-bond donors (Lipinski definition) is 2. The number of carbonyl (C=O) groups excluding carboxylic acids is 1. The average molecular weight is 295 g/mol. The molecule has 5 nitrogen and oxygen atoms in total. The van der Waals surface area contributed by atoms with Crippen molar-refractivity contribution in [1.29, 1.82) is 0 Å². The smallest absolute Gasteiger partial charge is 0.407 e. The summed E-state index contributed by atoms with van der Waals surface area (Å²) < 4.78 is 5.41. The third kappa shape index (κ3) is 2.92. The van der Waals surface area contributed by atoms with Gasteiger partial charge in [0.25, 0.3) is 5.06 Å². The van der Waals surface area contributed by atoms with Crippen LogP contribution in [0.5, 0.6) is 0 Å². The van der Waals surface area contributed by atoms with Crippen LogP contribution in [0.15, 0.2) is 30.3 Å². The minimum atomic E-state index is -1.01. The highest BCUT2D eigenvalue weighted by atomic mass is 32.2. The summed E-state index contributed by atoms with van der Waals surface area (Å²) in [6.07, 6.45) is 2.38. The number of thioether (sulfide) groups is 1. The number of rotatable bonds is 5. The Bertz CT molecular complexity index is 457. The van der Waals surface area contributed by atoms with Crippen molar-refractivity contribution < 1.29 is 9.53 Å². The minimum Gasteiger partial charge on any atom is -0.412 e. The molecule has 1 aromatic carbocycles. The molecule has 6 heteroatoms. The number of hydrogen-bond acceptors (Lipinski definition) is 5. The Morgan fingerprint density at radius 3 is 2.80 bits per heavy atom. The third-order valence-corrected chi connectivity index (χ3v) is 4.95. The molecule has 110 valence electrons. The predicted octanol–water partition coefficient (Wildman–Crippen LogP) is 2.37. The van der Waals surface area contributed by atoms with E-state index in [1.165, 1.54) is 11.8 Å². The summed E-state index contributed by atoms with van der Waals surface area (Å²) in [7, 11) is 0. The molecular formula is C14H21N3O2S. The van der Waals surface area contributed by atoms with Crippen molar-refractivity contribution in [2.24, 2.45) is 11.6 Å². The highest BCUT2D eigenvalue weighted by Gasteiger charge is 2.50. The first-order valence-corrected chi connectivity index (χ1v) is 7.80. The Hall–Kier alpha value is -1.24. The minimum absolute atomic E-state index is 0.180. The van der Waals surface area contributed by atoms with Gasteiger partial charge in [-0.25, -0.2) is 4.79 Å². The summed E-state index contributed by atoms with van der Waals surface area (Å²) in [6, 6.07) is 9.69. The van der Waals surface area contributed by atoms with Crippen LogP contribution >= 0.6 is 11.8 Å². The Labute approximate surface area is 123 Å². The summed E-state index contributed by atoms with van der Waals surface area (Å²) in [4.78, 5) is 11.3. The normalized spacial score (nSPS) is 26.6. The van der Waals surface area contributed by atoms with Gasteiger partial charge in [0.2, 0.25) is 0 Å². The number of hydrazine groups is 1. The van der Waals surface area contributed by atoms with E-state index >= 15 is 0 Å². The summed E-state index contributed by atoms with van der Waals surface area (Å²) in [5.74, 6) is 7.08. The van der Waals surface area contributed by atoms with E-state index in [4.69, 9.17) is 16.3 Å². The van der Waals surface area contributed by atoms with E-state index in [2.05, 4.69) is 6.92 Å². The van der Waals surface area contributed by atoms with E-state index in [-0.39, 0.29) is 6.04 Å². The lowest BCUT2D eigenvalue weighted by Gasteiger charge is -2.35. The second-order valence-corrected chi connectivity index (χ2v) is 6.06. The van der Waals surface area contributed by atoms with E-state index in [1.54, 1.807) is 5.01 Å². The van der Waals surface area contributed by atoms with Gasteiger partial charge >= 0.3 is 6.09 Å². The summed E-state index contributed by atoms with van der Waals surface area (Å²) in [5.41, 5.74) is 6.08. The highest BCUT2D eigenvalue weighted by molar-refractivity contribution is 8.00. The van der Waals surface area contributed by atoms with Crippen LogP contribution in [0.2, 0.25) is 0 Å². The molecule has 1 aliphatic heterocycles. The van der Waals surface area contributed by atoms with Gasteiger partial charge < -0.3 is 10.5 Å². The molecule has 1 heterocycles. The van der Waals surface area contributed by atoms with Crippen LogP contribution in [0.25, 0.3) is 0 Å². The molecular weight excluding hydrogens is 274 g/mol. The van der Waals surface area contributed by atoms with Crippen molar-refractivity contribution >= 4 is 17.9 Å². The fourth-order valence-corrected chi connectivity index (χ4v) is 3.91. The molecule has 1 saturated heterocycles. The van der Waals surface area contributed by atoms with Crippen LogP contribution in [0.1, 0.15) is 31.7 Å². The Kier molecular flexibility index (Phi) is 4.91. The zero-order valence-corrected chi connectivity index (χ0v) is 12.4. The zero-order chi connectivity index (χ0) is 14.6. The van der Waals surface area contributed by atoms with Gasteiger partial charge in [0.05, 0.1) is 0 Å². The van der Waals surface area contributed by atoms with Crippen LogP contribution in [0.3, 0.4) is 0 Å². The molecule has 0 aliphatic carbocycles. The SMILES string of the molecule is CCCCC1CSC(OC(N)=O)(c2ccccc2)N1N. The van der Waals surface area contributed by atoms with Gasteiger partial charge in [-0.05, 0) is 6.42 Å². The molecule has 1 amide bonds. The highest BCUT2D eigenvalue weighted by Crippen LogP contribution is 2.47. The van der Waals surface area contributed by atoms with Crippen molar-refractivity contribution in [2.75, 3.05) is 5.75 Å². The van der Waals surface area contributed by atoms with Gasteiger partial charge in [0, 0.05) is 17.4 Å². The number of amides is 1. The number of nitrogens with two attached hydrogens (primary N) is 2. The van der Waals surface area contributed by atoms with Crippen molar-refractivity contribution in [2.45, 2.75) is 37.3 Å². The second kappa shape index (κ2) is 6.47. The second-order valence-electron chi connectivity index (χ2n) is 4.88. The molecule has 0 bridgehead atoms. The van der Waals surface area contributed by atoms with E-state index in [0.29, 0.717) is 0 Å². The summed E-state index contributed by atoms with van der Waals surface area (Å²) in [6.45, 7) is 2.15. The molecule has 20 heavy (non-hydrogen) atoms. The first kappa shape index (κ1) is 15.2. The van der Waals surface area contributed by atoms with E-state index in [1.807, 2.05) is 30.3 Å². The Balaban J connectivity index is 2.27. The standard InChI is InChI=1S/C14H21N3O2S/c1-2-3-9-12-10-20-14(17(12)16,19-13(15)18)11-7-5-4-6-8-11/h4-8,12H,2-3,9-10,16H2,1H3,(H2,15,18). The zero-order valence-electron chi connectivity index (χ0n) is 11.6. The van der Waals surface area contributed by atoms with Crippen LogP contribution in [-0.4, -0.2) is 22.9 Å². The molecule has 2 unspecified atom stereocenters. The first-order valence-electron chi connectivity index (χ1n) is 6.82. The van der Waals surface area contributed by atoms with Gasteiger partial charge in [-0.3, -0.25) is 5.84 Å². The lowest BCUT2D eigenvalue weighted by atomic mass is 10.1. The molecule has 4 N–H and O–H groups in total. The monoisotopic (exact) mass is 295 g/mol. The molecule has 0 spiro atoms. The maximum absolute atomic E-state index is 11.3. The van der Waals surface area contributed by atoms with E-state index < -0.39 is 11.2 Å². The molecule has 1 aliphatic rings.